The molecule has 1 nitrogen and oxygen atoms in total. The van der Waals surface area contributed by atoms with E-state index in [1.807, 2.05) is 0 Å². The van der Waals surface area contributed by atoms with Gasteiger partial charge in [0.15, 0.2) is 0 Å². The molecule has 0 aliphatic rings. The van der Waals surface area contributed by atoms with E-state index in [0.29, 0.717) is 5.75 Å². The van der Waals surface area contributed by atoms with Gasteiger partial charge in [-0.05, 0) is 35.0 Å². The van der Waals surface area contributed by atoms with Gasteiger partial charge in [0.25, 0.3) is 6.43 Å². The summed E-state index contributed by atoms with van der Waals surface area (Å²) in [4.78, 5) is 0. The molecule has 0 fully saturated rings. The summed E-state index contributed by atoms with van der Waals surface area (Å²) in [5.74, 6) is 0.609. The van der Waals surface area contributed by atoms with E-state index in [0.717, 1.165) is 16.7 Å². The molecular formula is C22H36F2OSi. The Morgan fingerprint density at radius 1 is 1.04 bits per heavy atom. The summed E-state index contributed by atoms with van der Waals surface area (Å²) in [5, 5.41) is 0. The highest BCUT2D eigenvalue weighted by Gasteiger charge is 2.27. The van der Waals surface area contributed by atoms with Crippen LogP contribution in [0.5, 0.6) is 5.75 Å². The van der Waals surface area contributed by atoms with Gasteiger partial charge >= 0.3 is 0 Å². The van der Waals surface area contributed by atoms with E-state index >= 15 is 0 Å². The molecule has 0 saturated heterocycles. The summed E-state index contributed by atoms with van der Waals surface area (Å²) in [6.07, 6.45) is -2.49. The van der Waals surface area contributed by atoms with Crippen molar-refractivity contribution in [3.05, 3.63) is 34.5 Å². The molecule has 1 aromatic rings. The van der Waals surface area contributed by atoms with E-state index in [9.17, 15) is 8.78 Å². The number of benzene rings is 1. The highest BCUT2D eigenvalue weighted by molar-refractivity contribution is 6.81. The molecule has 0 atom stereocenters. The highest BCUT2D eigenvalue weighted by Crippen LogP contribution is 2.41. The van der Waals surface area contributed by atoms with Gasteiger partial charge in [-0.3, -0.25) is 0 Å². The Morgan fingerprint density at radius 3 is 1.96 bits per heavy atom. The first-order valence-corrected chi connectivity index (χ1v) is 12.9. The number of rotatable bonds is 5. The zero-order valence-corrected chi connectivity index (χ0v) is 19.2. The third-order valence-electron chi connectivity index (χ3n) is 4.19. The van der Waals surface area contributed by atoms with Crippen molar-refractivity contribution in [3.8, 4) is 5.75 Å². The SMILES string of the molecule is CC(=C[Si](C)(C)C)c1cc(C(C)(C)C)cc(C(C)(C)C)c1OCC(F)F. The molecule has 0 aromatic heterocycles. The standard InChI is InChI=1S/C22H36F2OSi/c1-15(14-26(8,9)10)17-11-16(21(2,3)4)12-18(22(5,6)7)20(17)25-13-19(23)24/h11-12,14,19H,13H2,1-10H3. The van der Waals surface area contributed by atoms with Crippen LogP contribution in [0.25, 0.3) is 5.57 Å². The molecule has 148 valence electrons. The Kier molecular flexibility index (Phi) is 6.89. The Morgan fingerprint density at radius 2 is 1.58 bits per heavy atom. The van der Waals surface area contributed by atoms with Crippen LogP contribution in [-0.4, -0.2) is 21.1 Å². The number of hydrogen-bond donors (Lipinski definition) is 0. The lowest BCUT2D eigenvalue weighted by Crippen LogP contribution is -2.21. The van der Waals surface area contributed by atoms with E-state index in [1.54, 1.807) is 0 Å². The number of allylic oxidation sites excluding steroid dienone is 1. The summed E-state index contributed by atoms with van der Waals surface area (Å²) in [5.41, 5.74) is 6.34. The summed E-state index contributed by atoms with van der Waals surface area (Å²) >= 11 is 0. The minimum absolute atomic E-state index is 0.0323. The smallest absolute Gasteiger partial charge is 0.272 e. The monoisotopic (exact) mass is 382 g/mol. The molecule has 0 saturated carbocycles. The number of alkyl halides is 2. The zero-order valence-electron chi connectivity index (χ0n) is 18.2. The lowest BCUT2D eigenvalue weighted by molar-refractivity contribution is 0.0807. The van der Waals surface area contributed by atoms with Crippen molar-refractivity contribution in [2.45, 2.75) is 85.4 Å². The molecule has 0 unspecified atom stereocenters. The van der Waals surface area contributed by atoms with E-state index in [4.69, 9.17) is 4.74 Å². The molecule has 0 aliphatic carbocycles. The van der Waals surface area contributed by atoms with Gasteiger partial charge < -0.3 is 4.74 Å². The second kappa shape index (κ2) is 7.83. The van der Waals surface area contributed by atoms with Crippen LogP contribution in [-0.2, 0) is 10.8 Å². The molecule has 0 aliphatic heterocycles. The van der Waals surface area contributed by atoms with Crippen LogP contribution in [0.15, 0.2) is 17.8 Å². The molecule has 26 heavy (non-hydrogen) atoms. The Hall–Kier alpha value is -1.16. The largest absolute Gasteiger partial charge is 0.487 e. The van der Waals surface area contributed by atoms with Crippen molar-refractivity contribution < 1.29 is 13.5 Å². The van der Waals surface area contributed by atoms with Gasteiger partial charge in [0, 0.05) is 11.1 Å². The van der Waals surface area contributed by atoms with Crippen molar-refractivity contribution in [1.29, 1.82) is 0 Å². The second-order valence-corrected chi connectivity index (χ2v) is 15.3. The van der Waals surface area contributed by atoms with Crippen molar-refractivity contribution in [2.75, 3.05) is 6.61 Å². The van der Waals surface area contributed by atoms with Crippen LogP contribution in [0.2, 0.25) is 19.6 Å². The minimum atomic E-state index is -2.49. The molecule has 0 radical (unpaired) electrons. The summed E-state index contributed by atoms with van der Waals surface area (Å²) in [6, 6.07) is 4.26. The lowest BCUT2D eigenvalue weighted by Gasteiger charge is -2.30. The quantitative estimate of drug-likeness (QED) is 0.489. The van der Waals surface area contributed by atoms with Crippen molar-refractivity contribution in [1.82, 2.24) is 0 Å². The molecule has 4 heteroatoms. The van der Waals surface area contributed by atoms with E-state index < -0.39 is 21.1 Å². The molecule has 0 amide bonds. The number of hydrogen-bond acceptors (Lipinski definition) is 1. The van der Waals surface area contributed by atoms with Gasteiger partial charge in [-0.15, -0.1) is 0 Å². The normalized spacial score (nSPS) is 14.1. The van der Waals surface area contributed by atoms with Gasteiger partial charge in [-0.1, -0.05) is 72.9 Å². The fourth-order valence-corrected chi connectivity index (χ4v) is 4.40. The van der Waals surface area contributed by atoms with Gasteiger partial charge in [0.1, 0.15) is 12.4 Å². The third kappa shape index (κ3) is 6.53. The van der Waals surface area contributed by atoms with Crippen LogP contribution in [0, 0.1) is 0 Å². The first-order valence-electron chi connectivity index (χ1n) is 9.32. The Labute approximate surface area is 159 Å². The van der Waals surface area contributed by atoms with Crippen molar-refractivity contribution >= 4 is 13.6 Å². The highest BCUT2D eigenvalue weighted by atomic mass is 28.3. The predicted molar refractivity (Wildman–Crippen MR) is 112 cm³/mol. The van der Waals surface area contributed by atoms with Crippen molar-refractivity contribution in [3.63, 3.8) is 0 Å². The average Bonchev–Trinajstić information content (AvgIpc) is 2.40. The molecule has 1 aromatic carbocycles. The zero-order chi connectivity index (χ0) is 20.5. The van der Waals surface area contributed by atoms with Crippen LogP contribution in [0.4, 0.5) is 8.78 Å². The maximum atomic E-state index is 12.9. The van der Waals surface area contributed by atoms with Crippen LogP contribution in [0.1, 0.15) is 65.2 Å². The fraction of sp³-hybridized carbons (Fsp3) is 0.636. The van der Waals surface area contributed by atoms with Crippen LogP contribution >= 0.6 is 0 Å². The molecule has 0 spiro atoms. The summed E-state index contributed by atoms with van der Waals surface area (Å²) < 4.78 is 31.5. The summed E-state index contributed by atoms with van der Waals surface area (Å²) in [6.45, 7) is 21.1. The molecule has 0 N–H and O–H groups in total. The Bertz CT molecular complexity index is 656. The minimum Gasteiger partial charge on any atom is -0.487 e. The molecule has 0 heterocycles. The second-order valence-electron chi connectivity index (χ2n) is 10.3. The van der Waals surface area contributed by atoms with Crippen LogP contribution < -0.4 is 4.74 Å². The van der Waals surface area contributed by atoms with Gasteiger partial charge in [-0.2, -0.15) is 0 Å². The topological polar surface area (TPSA) is 9.23 Å². The molecular weight excluding hydrogens is 346 g/mol. The molecule has 0 bridgehead atoms. The predicted octanol–water partition coefficient (Wildman–Crippen LogP) is 7.21. The van der Waals surface area contributed by atoms with Gasteiger partial charge in [-0.25, -0.2) is 8.78 Å². The van der Waals surface area contributed by atoms with E-state index in [1.165, 1.54) is 5.56 Å². The van der Waals surface area contributed by atoms with Crippen LogP contribution in [0.3, 0.4) is 0 Å². The fourth-order valence-electron chi connectivity index (χ4n) is 2.94. The Balaban J connectivity index is 3.78. The lowest BCUT2D eigenvalue weighted by atomic mass is 9.78. The van der Waals surface area contributed by atoms with Gasteiger partial charge in [0.05, 0.1) is 8.07 Å². The maximum absolute atomic E-state index is 12.9. The first-order chi connectivity index (χ1) is 11.5. The van der Waals surface area contributed by atoms with E-state index in [-0.39, 0.29) is 10.8 Å². The number of ether oxygens (including phenoxy) is 1. The summed E-state index contributed by atoms with van der Waals surface area (Å²) in [7, 11) is -1.46. The first kappa shape index (κ1) is 22.9. The average molecular weight is 383 g/mol. The third-order valence-corrected chi connectivity index (χ3v) is 5.49. The maximum Gasteiger partial charge on any atom is 0.272 e. The number of halogens is 2. The van der Waals surface area contributed by atoms with Gasteiger partial charge in [0.2, 0.25) is 0 Å². The van der Waals surface area contributed by atoms with Crippen molar-refractivity contribution in [2.24, 2.45) is 0 Å². The van der Waals surface area contributed by atoms with E-state index in [2.05, 4.69) is 85.9 Å². The molecule has 1 rings (SSSR count).